The zero-order chi connectivity index (χ0) is 18.7. The molecule has 1 fully saturated rings. The largest absolute Gasteiger partial charge is 0.315 e. The zero-order valence-electron chi connectivity index (χ0n) is 15.8. The van der Waals surface area contributed by atoms with Crippen LogP contribution in [-0.2, 0) is 6.54 Å². The number of fused-ring (bicyclic) bond motifs is 1. The molecular weight excluding hydrogens is 394 g/mol. The van der Waals surface area contributed by atoms with Gasteiger partial charge in [0.15, 0.2) is 5.65 Å². The van der Waals surface area contributed by atoms with E-state index in [1.54, 1.807) is 6.20 Å². The van der Waals surface area contributed by atoms with Crippen molar-refractivity contribution in [3.63, 3.8) is 0 Å². The molecule has 1 saturated heterocycles. The predicted molar refractivity (Wildman–Crippen MR) is 108 cm³/mol. The predicted octanol–water partition coefficient (Wildman–Crippen LogP) is 2.96. The highest BCUT2D eigenvalue weighted by Gasteiger charge is 2.27. The van der Waals surface area contributed by atoms with Crippen LogP contribution in [0.2, 0.25) is 0 Å². The Morgan fingerprint density at radius 3 is 2.96 bits per heavy atom. The Morgan fingerprint density at radius 1 is 1.42 bits per heavy atom. The summed E-state index contributed by atoms with van der Waals surface area (Å²) in [6.07, 6.45) is 3.75. The molecule has 0 aromatic carbocycles. The Labute approximate surface area is 163 Å². The fourth-order valence-electron chi connectivity index (χ4n) is 3.82. The molecule has 7 heteroatoms. The van der Waals surface area contributed by atoms with E-state index in [0.29, 0.717) is 23.5 Å². The van der Waals surface area contributed by atoms with Gasteiger partial charge in [-0.05, 0) is 47.8 Å². The van der Waals surface area contributed by atoms with E-state index in [2.05, 4.69) is 45.0 Å². The fourth-order valence-corrected chi connectivity index (χ4v) is 4.15. The first-order valence-corrected chi connectivity index (χ1v) is 10.3. The summed E-state index contributed by atoms with van der Waals surface area (Å²) in [4.78, 5) is 24.8. The van der Waals surface area contributed by atoms with Crippen LogP contribution in [0.15, 0.2) is 21.5 Å². The number of hydrogen-bond acceptors (Lipinski definition) is 5. The molecule has 26 heavy (non-hydrogen) atoms. The van der Waals surface area contributed by atoms with Gasteiger partial charge < -0.3 is 5.32 Å². The van der Waals surface area contributed by atoms with Crippen LogP contribution in [0.3, 0.4) is 0 Å². The minimum atomic E-state index is 0.00315. The third kappa shape index (κ3) is 4.00. The number of rotatable bonds is 5. The Hall–Kier alpha value is -1.31. The van der Waals surface area contributed by atoms with Gasteiger partial charge >= 0.3 is 0 Å². The maximum absolute atomic E-state index is 13.1. The molecule has 6 nitrogen and oxygen atoms in total. The number of nitrogens with zero attached hydrogens (tertiary/aromatic N) is 4. The van der Waals surface area contributed by atoms with Crippen molar-refractivity contribution in [2.45, 2.75) is 46.2 Å². The average molecular weight is 422 g/mol. The van der Waals surface area contributed by atoms with E-state index < -0.39 is 0 Å². The van der Waals surface area contributed by atoms with Gasteiger partial charge in [-0.3, -0.25) is 14.3 Å². The molecule has 1 unspecified atom stereocenters. The molecular formula is C19H28BrN5O. The van der Waals surface area contributed by atoms with Crippen molar-refractivity contribution >= 4 is 27.0 Å². The normalized spacial score (nSPS) is 20.2. The highest BCUT2D eigenvalue weighted by Crippen LogP contribution is 2.26. The Balaban J connectivity index is 2.12. The quantitative estimate of drug-likeness (QED) is 0.803. The van der Waals surface area contributed by atoms with E-state index >= 15 is 0 Å². The highest BCUT2D eigenvalue weighted by atomic mass is 79.9. The highest BCUT2D eigenvalue weighted by molar-refractivity contribution is 9.10. The van der Waals surface area contributed by atoms with E-state index in [4.69, 9.17) is 4.98 Å². The number of hydrogen-bond donors (Lipinski definition) is 1. The lowest BCUT2D eigenvalue weighted by Crippen LogP contribution is -2.38. The van der Waals surface area contributed by atoms with Crippen molar-refractivity contribution in [3.8, 4) is 0 Å². The summed E-state index contributed by atoms with van der Waals surface area (Å²) in [5.74, 6) is 1.43. The van der Waals surface area contributed by atoms with E-state index in [0.717, 1.165) is 49.3 Å². The van der Waals surface area contributed by atoms with Gasteiger partial charge in [0.25, 0.3) is 5.56 Å². The van der Waals surface area contributed by atoms with E-state index in [1.165, 1.54) is 0 Å². The third-order valence-electron chi connectivity index (χ3n) is 5.04. The van der Waals surface area contributed by atoms with Crippen LogP contribution in [0.5, 0.6) is 0 Å². The number of halogens is 1. The van der Waals surface area contributed by atoms with Crippen LogP contribution in [0.25, 0.3) is 11.0 Å². The van der Waals surface area contributed by atoms with Crippen molar-refractivity contribution in [2.75, 3.05) is 26.2 Å². The van der Waals surface area contributed by atoms with Gasteiger partial charge in [0, 0.05) is 36.8 Å². The maximum atomic E-state index is 13.1. The number of nitrogens with one attached hydrogen (secondary N) is 1. The molecule has 3 heterocycles. The van der Waals surface area contributed by atoms with Gasteiger partial charge in [-0.1, -0.05) is 20.3 Å². The fraction of sp³-hybridized carbons (Fsp3) is 0.632. The smallest absolute Gasteiger partial charge is 0.263 e. The van der Waals surface area contributed by atoms with Crippen molar-refractivity contribution in [2.24, 2.45) is 5.92 Å². The van der Waals surface area contributed by atoms with Crippen molar-refractivity contribution < 1.29 is 0 Å². The molecule has 1 aliphatic rings. The molecule has 0 radical (unpaired) electrons. The molecule has 3 rings (SSSR count). The van der Waals surface area contributed by atoms with Crippen molar-refractivity contribution in [3.05, 3.63) is 32.9 Å². The Morgan fingerprint density at radius 2 is 2.23 bits per heavy atom. The van der Waals surface area contributed by atoms with E-state index in [1.807, 2.05) is 17.6 Å². The standard InChI is InChI=1S/C19H28BrN5O/c1-4-6-16(24-8-7-21-10-13(3)12-24)18-23-17-15(9-14(20)11-22-17)19(26)25(18)5-2/h9,11,13,16,21H,4-8,10,12H2,1-3H3/t13-,16?/m1/s1. The van der Waals surface area contributed by atoms with Gasteiger partial charge in [-0.15, -0.1) is 0 Å². The molecule has 1 aliphatic heterocycles. The second-order valence-electron chi connectivity index (χ2n) is 7.15. The lowest BCUT2D eigenvalue weighted by molar-refractivity contribution is 0.169. The molecule has 2 atom stereocenters. The van der Waals surface area contributed by atoms with Gasteiger partial charge in [0.05, 0.1) is 11.4 Å². The Kier molecular flexibility index (Phi) is 6.42. The first-order valence-electron chi connectivity index (χ1n) is 9.55. The summed E-state index contributed by atoms with van der Waals surface area (Å²) in [6.45, 7) is 11.1. The minimum absolute atomic E-state index is 0.00315. The van der Waals surface area contributed by atoms with Crippen LogP contribution >= 0.6 is 15.9 Å². The molecule has 2 aromatic heterocycles. The molecule has 2 aromatic rings. The molecule has 0 spiro atoms. The Bertz CT molecular complexity index is 821. The number of aromatic nitrogens is 3. The maximum Gasteiger partial charge on any atom is 0.263 e. The topological polar surface area (TPSA) is 63.1 Å². The van der Waals surface area contributed by atoms with E-state index in [9.17, 15) is 4.79 Å². The summed E-state index contributed by atoms with van der Waals surface area (Å²) in [5, 5.41) is 4.08. The summed E-state index contributed by atoms with van der Waals surface area (Å²) < 4.78 is 2.64. The van der Waals surface area contributed by atoms with Crippen LogP contribution in [0, 0.1) is 5.92 Å². The molecule has 0 saturated carbocycles. The molecule has 0 amide bonds. The summed E-state index contributed by atoms with van der Waals surface area (Å²) in [6, 6.07) is 1.96. The minimum Gasteiger partial charge on any atom is -0.315 e. The van der Waals surface area contributed by atoms with Crippen LogP contribution in [-0.4, -0.2) is 45.6 Å². The SMILES string of the molecule is CCCC(c1nc2ncc(Br)cc2c(=O)n1CC)N1CCNC[C@@H](C)C1. The van der Waals surface area contributed by atoms with E-state index in [-0.39, 0.29) is 11.6 Å². The average Bonchev–Trinajstić information content (AvgIpc) is 2.84. The molecule has 0 aliphatic carbocycles. The van der Waals surface area contributed by atoms with Gasteiger partial charge in [0.2, 0.25) is 0 Å². The second kappa shape index (κ2) is 8.59. The molecule has 1 N–H and O–H groups in total. The summed E-state index contributed by atoms with van der Waals surface area (Å²) >= 11 is 3.41. The van der Waals surface area contributed by atoms with Crippen LogP contribution in [0.1, 0.15) is 45.5 Å². The number of pyridine rings is 1. The van der Waals surface area contributed by atoms with Gasteiger partial charge in [-0.25, -0.2) is 9.97 Å². The second-order valence-corrected chi connectivity index (χ2v) is 8.07. The summed E-state index contributed by atoms with van der Waals surface area (Å²) in [7, 11) is 0. The van der Waals surface area contributed by atoms with Gasteiger partial charge in [0.1, 0.15) is 5.82 Å². The summed E-state index contributed by atoms with van der Waals surface area (Å²) in [5.41, 5.74) is 0.545. The monoisotopic (exact) mass is 421 g/mol. The van der Waals surface area contributed by atoms with Crippen LogP contribution in [0.4, 0.5) is 0 Å². The van der Waals surface area contributed by atoms with Crippen LogP contribution < -0.4 is 10.9 Å². The molecule has 142 valence electrons. The van der Waals surface area contributed by atoms with Gasteiger partial charge in [-0.2, -0.15) is 0 Å². The van der Waals surface area contributed by atoms with Crippen molar-refractivity contribution in [1.82, 2.24) is 24.8 Å². The first-order chi connectivity index (χ1) is 12.5. The lowest BCUT2D eigenvalue weighted by atomic mass is 10.1. The zero-order valence-corrected chi connectivity index (χ0v) is 17.4. The first kappa shape index (κ1) is 19.5. The third-order valence-corrected chi connectivity index (χ3v) is 5.47. The molecule has 0 bridgehead atoms. The lowest BCUT2D eigenvalue weighted by Gasteiger charge is -2.32. The van der Waals surface area contributed by atoms with Crippen molar-refractivity contribution in [1.29, 1.82) is 0 Å².